The first-order valence-corrected chi connectivity index (χ1v) is 10.8. The lowest BCUT2D eigenvalue weighted by Gasteiger charge is -2.30. The summed E-state index contributed by atoms with van der Waals surface area (Å²) in [6.07, 6.45) is 9.37. The minimum absolute atomic E-state index is 0.141. The second-order valence-electron chi connectivity index (χ2n) is 5.56. The predicted molar refractivity (Wildman–Crippen MR) is 88.9 cm³/mol. The predicted octanol–water partition coefficient (Wildman–Crippen LogP) is 2.36. The number of hydrogen-bond donors (Lipinski definition) is 2. The van der Waals surface area contributed by atoms with Crippen LogP contribution in [-0.2, 0) is 10.0 Å². The highest BCUT2D eigenvalue weighted by molar-refractivity contribution is 7.99. The Morgan fingerprint density at radius 1 is 1.15 bits per heavy atom. The van der Waals surface area contributed by atoms with Crippen LogP contribution in [0.2, 0.25) is 0 Å². The molecule has 4 nitrogen and oxygen atoms in total. The highest BCUT2D eigenvalue weighted by atomic mass is 32.2. The summed E-state index contributed by atoms with van der Waals surface area (Å²) in [5.41, 5.74) is 0. The second-order valence-corrected chi connectivity index (χ2v) is 8.51. The molecule has 0 aromatic heterocycles. The van der Waals surface area contributed by atoms with Crippen molar-refractivity contribution in [2.24, 2.45) is 0 Å². The van der Waals surface area contributed by atoms with E-state index >= 15 is 0 Å². The fraction of sp³-hybridized carbons (Fsp3) is 1.00. The second kappa shape index (κ2) is 10.0. The van der Waals surface area contributed by atoms with Gasteiger partial charge in [0.05, 0.1) is 5.75 Å². The molecule has 2 unspecified atom stereocenters. The Labute approximate surface area is 128 Å². The van der Waals surface area contributed by atoms with Crippen LogP contribution in [-0.4, -0.2) is 44.8 Å². The summed E-state index contributed by atoms with van der Waals surface area (Å²) in [5.74, 6) is 0.262. The van der Waals surface area contributed by atoms with Crippen molar-refractivity contribution in [3.8, 4) is 0 Å². The highest BCUT2D eigenvalue weighted by Gasteiger charge is 2.27. The lowest BCUT2D eigenvalue weighted by atomic mass is 9.96. The molecular formula is C14H30N2O2S2. The van der Waals surface area contributed by atoms with Crippen LogP contribution < -0.4 is 10.0 Å². The van der Waals surface area contributed by atoms with Gasteiger partial charge in [0.15, 0.2) is 0 Å². The summed E-state index contributed by atoms with van der Waals surface area (Å²) in [6.45, 7) is 4.07. The van der Waals surface area contributed by atoms with Crippen molar-refractivity contribution < 1.29 is 8.42 Å². The first-order valence-electron chi connectivity index (χ1n) is 7.82. The van der Waals surface area contributed by atoms with Gasteiger partial charge in [-0.3, -0.25) is 0 Å². The van der Waals surface area contributed by atoms with E-state index in [1.165, 1.54) is 6.42 Å². The normalized spacial score (nSPS) is 23.9. The van der Waals surface area contributed by atoms with E-state index in [-0.39, 0.29) is 11.8 Å². The fourth-order valence-electron chi connectivity index (χ4n) is 2.65. The third-order valence-corrected chi connectivity index (χ3v) is 6.44. The van der Waals surface area contributed by atoms with Crippen LogP contribution in [0.3, 0.4) is 0 Å². The van der Waals surface area contributed by atoms with Crippen LogP contribution >= 0.6 is 11.8 Å². The molecule has 0 bridgehead atoms. The summed E-state index contributed by atoms with van der Waals surface area (Å²) in [5, 5.41) is 3.75. The van der Waals surface area contributed by atoms with Gasteiger partial charge in [-0.15, -0.1) is 0 Å². The molecule has 120 valence electrons. The van der Waals surface area contributed by atoms with E-state index in [0.29, 0.717) is 5.25 Å². The Balaban J connectivity index is 2.26. The molecule has 6 heteroatoms. The Bertz CT molecular complexity index is 347. The summed E-state index contributed by atoms with van der Waals surface area (Å²) in [7, 11) is -3.11. The van der Waals surface area contributed by atoms with E-state index in [1.807, 2.05) is 0 Å². The van der Waals surface area contributed by atoms with Gasteiger partial charge in [-0.25, -0.2) is 13.1 Å². The number of nitrogens with one attached hydrogen (secondary N) is 2. The van der Waals surface area contributed by atoms with Gasteiger partial charge in [0, 0.05) is 11.3 Å². The molecule has 0 spiro atoms. The summed E-state index contributed by atoms with van der Waals surface area (Å²) in [6, 6.07) is 0.141. The van der Waals surface area contributed by atoms with Gasteiger partial charge in [-0.05, 0) is 51.4 Å². The number of hydrogen-bond acceptors (Lipinski definition) is 4. The number of unbranched alkanes of at least 4 members (excludes halogenated alkanes) is 1. The van der Waals surface area contributed by atoms with Crippen LogP contribution in [0, 0.1) is 0 Å². The van der Waals surface area contributed by atoms with Crippen molar-refractivity contribution in [2.45, 2.75) is 63.2 Å². The van der Waals surface area contributed by atoms with Crippen molar-refractivity contribution in [2.75, 3.05) is 25.1 Å². The molecular weight excluding hydrogens is 292 g/mol. The average molecular weight is 323 g/mol. The smallest absolute Gasteiger partial charge is 0.211 e. The van der Waals surface area contributed by atoms with E-state index in [2.05, 4.69) is 23.2 Å². The molecule has 0 aliphatic heterocycles. The van der Waals surface area contributed by atoms with Gasteiger partial charge in [0.25, 0.3) is 0 Å². The molecule has 2 N–H and O–H groups in total. The zero-order valence-corrected chi connectivity index (χ0v) is 14.5. The Morgan fingerprint density at radius 2 is 1.90 bits per heavy atom. The largest absolute Gasteiger partial charge is 0.317 e. The van der Waals surface area contributed by atoms with Crippen molar-refractivity contribution in [1.29, 1.82) is 0 Å². The van der Waals surface area contributed by atoms with Crippen LogP contribution in [0.4, 0.5) is 0 Å². The van der Waals surface area contributed by atoms with E-state index in [1.54, 1.807) is 11.8 Å². The van der Waals surface area contributed by atoms with Gasteiger partial charge >= 0.3 is 0 Å². The molecule has 1 aliphatic carbocycles. The highest BCUT2D eigenvalue weighted by Crippen LogP contribution is 2.27. The van der Waals surface area contributed by atoms with Gasteiger partial charge in [0.1, 0.15) is 0 Å². The van der Waals surface area contributed by atoms with Crippen molar-refractivity contribution in [3.63, 3.8) is 0 Å². The van der Waals surface area contributed by atoms with E-state index in [0.717, 1.165) is 51.6 Å². The molecule has 1 aliphatic rings. The SMILES string of the molecule is CCCNCCCCS(=O)(=O)NC1CCCCC1SC. The third-order valence-electron chi connectivity index (χ3n) is 3.78. The van der Waals surface area contributed by atoms with E-state index in [9.17, 15) is 8.42 Å². The minimum Gasteiger partial charge on any atom is -0.317 e. The van der Waals surface area contributed by atoms with Gasteiger partial charge in [-0.1, -0.05) is 19.8 Å². The van der Waals surface area contributed by atoms with Crippen LogP contribution in [0.15, 0.2) is 0 Å². The van der Waals surface area contributed by atoms with Gasteiger partial charge < -0.3 is 5.32 Å². The number of thioether (sulfide) groups is 1. The zero-order valence-electron chi connectivity index (χ0n) is 12.9. The minimum atomic E-state index is -3.11. The average Bonchev–Trinajstić information content (AvgIpc) is 2.43. The Kier molecular flexibility index (Phi) is 9.16. The molecule has 0 radical (unpaired) electrons. The van der Waals surface area contributed by atoms with Crippen LogP contribution in [0.1, 0.15) is 51.9 Å². The molecule has 0 saturated heterocycles. The van der Waals surface area contributed by atoms with Crippen molar-refractivity contribution in [3.05, 3.63) is 0 Å². The molecule has 20 heavy (non-hydrogen) atoms. The topological polar surface area (TPSA) is 58.2 Å². The number of rotatable bonds is 10. The van der Waals surface area contributed by atoms with Gasteiger partial charge in [-0.2, -0.15) is 11.8 Å². The Hall–Kier alpha value is 0.220. The fourth-order valence-corrected chi connectivity index (χ4v) is 5.11. The quantitative estimate of drug-likeness (QED) is 0.606. The monoisotopic (exact) mass is 322 g/mol. The lowest BCUT2D eigenvalue weighted by molar-refractivity contribution is 0.423. The van der Waals surface area contributed by atoms with E-state index in [4.69, 9.17) is 0 Å². The molecule has 2 atom stereocenters. The van der Waals surface area contributed by atoms with Crippen molar-refractivity contribution >= 4 is 21.8 Å². The Morgan fingerprint density at radius 3 is 2.60 bits per heavy atom. The van der Waals surface area contributed by atoms with Crippen LogP contribution in [0.5, 0.6) is 0 Å². The standard InChI is InChI=1S/C14H30N2O2S2/c1-3-10-15-11-6-7-12-20(17,18)16-13-8-4-5-9-14(13)19-2/h13-16H,3-12H2,1-2H3. The number of sulfonamides is 1. The van der Waals surface area contributed by atoms with E-state index < -0.39 is 10.0 Å². The molecule has 0 aromatic rings. The summed E-state index contributed by atoms with van der Waals surface area (Å²) >= 11 is 1.80. The van der Waals surface area contributed by atoms with Crippen molar-refractivity contribution in [1.82, 2.24) is 10.0 Å². The van der Waals surface area contributed by atoms with Crippen LogP contribution in [0.25, 0.3) is 0 Å². The molecule has 1 saturated carbocycles. The van der Waals surface area contributed by atoms with Gasteiger partial charge in [0.2, 0.25) is 10.0 Å². The maximum absolute atomic E-state index is 12.1. The zero-order chi connectivity index (χ0) is 14.8. The maximum Gasteiger partial charge on any atom is 0.211 e. The molecule has 0 heterocycles. The molecule has 0 aromatic carbocycles. The summed E-state index contributed by atoms with van der Waals surface area (Å²) in [4.78, 5) is 0. The first-order chi connectivity index (χ1) is 9.59. The maximum atomic E-state index is 12.1. The lowest BCUT2D eigenvalue weighted by Crippen LogP contribution is -2.44. The molecule has 1 rings (SSSR count). The molecule has 0 amide bonds. The third kappa shape index (κ3) is 7.29. The first kappa shape index (κ1) is 18.3. The molecule has 1 fully saturated rings. The summed E-state index contributed by atoms with van der Waals surface area (Å²) < 4.78 is 27.1.